The van der Waals surface area contributed by atoms with E-state index in [0.717, 1.165) is 58.4 Å². The number of nitrogens with zero attached hydrogens (tertiary/aromatic N) is 5. The molecule has 3 aromatic rings. The van der Waals surface area contributed by atoms with Crippen LogP contribution in [0.4, 0.5) is 5.82 Å². The quantitative estimate of drug-likeness (QED) is 0.236. The lowest BCUT2D eigenvalue weighted by Gasteiger charge is -2.36. The van der Waals surface area contributed by atoms with E-state index in [0.29, 0.717) is 38.7 Å². The summed E-state index contributed by atoms with van der Waals surface area (Å²) in [5.41, 5.74) is 2.16. The van der Waals surface area contributed by atoms with Gasteiger partial charge in [0, 0.05) is 45.5 Å². The Morgan fingerprint density at radius 1 is 1.02 bits per heavy atom. The minimum absolute atomic E-state index is 0.110. The maximum atomic E-state index is 13.8. The average Bonchev–Trinajstić information content (AvgIpc) is 3.24. The molecule has 0 aliphatic carbocycles. The van der Waals surface area contributed by atoms with E-state index in [-0.39, 0.29) is 11.5 Å². The summed E-state index contributed by atoms with van der Waals surface area (Å²) in [5, 5.41) is 0. The highest BCUT2D eigenvalue weighted by atomic mass is 32.2. The SMILES string of the molecule is CCCC[C@@H](CC)CN1C(=O)/C(=C\c2c(N3CCN(Cc4ccccc4)CC3)nc3ccccn3c2=O)SC1=S. The molecule has 0 spiro atoms. The third-order valence-corrected chi connectivity index (χ3v) is 9.18. The lowest BCUT2D eigenvalue weighted by Crippen LogP contribution is -2.47. The fraction of sp³-hybridized carbons (Fsp3) is 0.419. The Labute approximate surface area is 245 Å². The zero-order valence-electron chi connectivity index (χ0n) is 23.3. The first kappa shape index (κ1) is 28.5. The summed E-state index contributed by atoms with van der Waals surface area (Å²) < 4.78 is 2.12. The number of aromatic nitrogens is 2. The number of piperazine rings is 1. The number of carbonyl (C=O) groups is 1. The van der Waals surface area contributed by atoms with Gasteiger partial charge in [-0.25, -0.2) is 4.98 Å². The predicted molar refractivity (Wildman–Crippen MR) is 169 cm³/mol. The second kappa shape index (κ2) is 13.1. The first-order valence-electron chi connectivity index (χ1n) is 14.3. The van der Waals surface area contributed by atoms with Crippen LogP contribution >= 0.6 is 24.0 Å². The summed E-state index contributed by atoms with van der Waals surface area (Å²) in [4.78, 5) is 39.0. The molecular weight excluding hydrogens is 539 g/mol. The van der Waals surface area contributed by atoms with Crippen molar-refractivity contribution < 1.29 is 4.79 Å². The normalized spacial score (nSPS) is 18.3. The molecule has 0 bridgehead atoms. The zero-order chi connectivity index (χ0) is 28.1. The largest absolute Gasteiger partial charge is 0.353 e. The number of thiocarbonyl (C=S) groups is 1. The van der Waals surface area contributed by atoms with Crippen LogP contribution in [0.25, 0.3) is 11.7 Å². The Bertz CT molecular complexity index is 1450. The predicted octanol–water partition coefficient (Wildman–Crippen LogP) is 5.43. The van der Waals surface area contributed by atoms with Gasteiger partial charge in [0.05, 0.1) is 10.5 Å². The topological polar surface area (TPSA) is 61.2 Å². The highest BCUT2D eigenvalue weighted by Gasteiger charge is 2.34. The molecule has 1 amide bonds. The van der Waals surface area contributed by atoms with Crippen molar-refractivity contribution in [1.29, 1.82) is 0 Å². The van der Waals surface area contributed by atoms with Crippen LogP contribution < -0.4 is 10.5 Å². The van der Waals surface area contributed by atoms with Crippen molar-refractivity contribution in [3.8, 4) is 0 Å². The molecule has 2 saturated heterocycles. The first-order chi connectivity index (χ1) is 19.5. The van der Waals surface area contributed by atoms with Gasteiger partial charge in [-0.3, -0.25) is 23.8 Å². The summed E-state index contributed by atoms with van der Waals surface area (Å²) in [6.45, 7) is 9.11. The molecule has 0 saturated carbocycles. The van der Waals surface area contributed by atoms with Gasteiger partial charge in [-0.1, -0.05) is 93.5 Å². The van der Waals surface area contributed by atoms with Gasteiger partial charge in [0.2, 0.25) is 0 Å². The number of anilines is 1. The number of hydrogen-bond acceptors (Lipinski definition) is 7. The molecule has 2 aromatic heterocycles. The molecular formula is C31H37N5O2S2. The minimum Gasteiger partial charge on any atom is -0.353 e. The fourth-order valence-electron chi connectivity index (χ4n) is 5.38. The van der Waals surface area contributed by atoms with Crippen molar-refractivity contribution in [2.45, 2.75) is 46.1 Å². The van der Waals surface area contributed by atoms with Crippen molar-refractivity contribution in [3.05, 3.63) is 81.1 Å². The summed E-state index contributed by atoms with van der Waals surface area (Å²) in [7, 11) is 0. The number of amides is 1. The van der Waals surface area contributed by atoms with E-state index in [1.807, 2.05) is 24.3 Å². The van der Waals surface area contributed by atoms with Crippen LogP contribution in [0.2, 0.25) is 0 Å². The Hall–Kier alpha value is -3.01. The van der Waals surface area contributed by atoms with Crippen LogP contribution in [0.5, 0.6) is 0 Å². The number of benzene rings is 1. The Morgan fingerprint density at radius 3 is 2.50 bits per heavy atom. The number of rotatable bonds is 10. The van der Waals surface area contributed by atoms with E-state index in [1.165, 1.54) is 17.3 Å². The van der Waals surface area contributed by atoms with E-state index in [2.05, 4.69) is 47.9 Å². The van der Waals surface area contributed by atoms with E-state index in [4.69, 9.17) is 17.2 Å². The van der Waals surface area contributed by atoms with Crippen LogP contribution in [0.1, 0.15) is 50.7 Å². The highest BCUT2D eigenvalue weighted by molar-refractivity contribution is 8.26. The van der Waals surface area contributed by atoms with Crippen LogP contribution in [0.15, 0.2) is 64.4 Å². The molecule has 2 aliphatic rings. The van der Waals surface area contributed by atoms with Crippen LogP contribution in [0, 0.1) is 5.92 Å². The van der Waals surface area contributed by atoms with E-state index < -0.39 is 0 Å². The number of unbranched alkanes of at least 4 members (excludes halogenated alkanes) is 1. The third kappa shape index (κ3) is 6.32. The van der Waals surface area contributed by atoms with Crippen LogP contribution in [-0.2, 0) is 11.3 Å². The van der Waals surface area contributed by atoms with Gasteiger partial charge in [-0.2, -0.15) is 0 Å². The Morgan fingerprint density at radius 2 is 1.77 bits per heavy atom. The van der Waals surface area contributed by atoms with Gasteiger partial charge in [-0.15, -0.1) is 0 Å². The summed E-state index contributed by atoms with van der Waals surface area (Å²) in [5.74, 6) is 0.939. The highest BCUT2D eigenvalue weighted by Crippen LogP contribution is 2.35. The monoisotopic (exact) mass is 575 g/mol. The first-order valence-corrected chi connectivity index (χ1v) is 15.5. The van der Waals surface area contributed by atoms with E-state index in [9.17, 15) is 9.59 Å². The van der Waals surface area contributed by atoms with Gasteiger partial charge in [0.15, 0.2) is 0 Å². The van der Waals surface area contributed by atoms with Gasteiger partial charge in [-0.05, 0) is 36.1 Å². The van der Waals surface area contributed by atoms with Crippen molar-refractivity contribution in [2.24, 2.45) is 5.92 Å². The molecule has 7 nitrogen and oxygen atoms in total. The molecule has 40 heavy (non-hydrogen) atoms. The maximum Gasteiger partial charge on any atom is 0.267 e. The number of thioether (sulfide) groups is 1. The Balaban J connectivity index is 1.42. The zero-order valence-corrected chi connectivity index (χ0v) is 24.9. The molecule has 2 aliphatic heterocycles. The smallest absolute Gasteiger partial charge is 0.267 e. The number of pyridine rings is 1. The summed E-state index contributed by atoms with van der Waals surface area (Å²) in [6, 6.07) is 16.0. The molecule has 0 radical (unpaired) electrons. The summed E-state index contributed by atoms with van der Waals surface area (Å²) in [6.07, 6.45) is 7.83. The van der Waals surface area contributed by atoms with Crippen LogP contribution in [-0.4, -0.2) is 62.1 Å². The Kier molecular flexibility index (Phi) is 9.34. The average molecular weight is 576 g/mol. The van der Waals surface area contributed by atoms with Crippen molar-refractivity contribution in [1.82, 2.24) is 19.2 Å². The van der Waals surface area contributed by atoms with Crippen LogP contribution in [0.3, 0.4) is 0 Å². The van der Waals surface area contributed by atoms with Gasteiger partial charge < -0.3 is 4.90 Å². The molecule has 2 fully saturated rings. The molecule has 9 heteroatoms. The lowest BCUT2D eigenvalue weighted by atomic mass is 9.99. The van der Waals surface area contributed by atoms with Gasteiger partial charge in [0.1, 0.15) is 15.8 Å². The minimum atomic E-state index is -0.174. The third-order valence-electron chi connectivity index (χ3n) is 7.80. The number of carbonyl (C=O) groups excluding carboxylic acids is 1. The van der Waals surface area contributed by atoms with Gasteiger partial charge >= 0.3 is 0 Å². The maximum absolute atomic E-state index is 13.8. The molecule has 210 valence electrons. The summed E-state index contributed by atoms with van der Waals surface area (Å²) >= 11 is 6.93. The van der Waals surface area contributed by atoms with Crippen molar-refractivity contribution in [3.63, 3.8) is 0 Å². The van der Waals surface area contributed by atoms with E-state index >= 15 is 0 Å². The standard InChI is InChI=1S/C31H37N5O2S2/c1-3-5-11-23(4-2)22-36-30(38)26(40-31(36)39)20-25-28(32-27-14-9-10-15-35(27)29(25)37)34-18-16-33(17-19-34)21-24-12-7-6-8-13-24/h6-10,12-15,20,23H,3-5,11,16-19,21-22H2,1-2H3/b26-20+/t23-/m1/s1. The number of hydrogen-bond donors (Lipinski definition) is 0. The lowest BCUT2D eigenvalue weighted by molar-refractivity contribution is -0.122. The molecule has 1 aromatic carbocycles. The molecule has 4 heterocycles. The van der Waals surface area contributed by atoms with Crippen molar-refractivity contribution >= 4 is 51.7 Å². The van der Waals surface area contributed by atoms with E-state index in [1.54, 1.807) is 21.6 Å². The molecule has 0 unspecified atom stereocenters. The number of fused-ring (bicyclic) bond motifs is 1. The second-order valence-electron chi connectivity index (χ2n) is 10.5. The molecule has 0 N–H and O–H groups in total. The second-order valence-corrected chi connectivity index (χ2v) is 12.2. The molecule has 1 atom stereocenters. The van der Waals surface area contributed by atoms with Crippen molar-refractivity contribution in [2.75, 3.05) is 37.6 Å². The molecule has 5 rings (SSSR count). The van der Waals surface area contributed by atoms with Gasteiger partial charge in [0.25, 0.3) is 11.5 Å². The fourth-order valence-corrected chi connectivity index (χ4v) is 6.64.